The van der Waals surface area contributed by atoms with Crippen LogP contribution in [0.15, 0.2) is 79.3 Å². The van der Waals surface area contributed by atoms with Gasteiger partial charge in [0, 0.05) is 36.6 Å². The predicted octanol–water partition coefficient (Wildman–Crippen LogP) is 4.58. The highest BCUT2D eigenvalue weighted by atomic mass is 16.3. The Bertz CT molecular complexity index is 1980. The fourth-order valence-corrected chi connectivity index (χ4v) is 5.64. The number of fused-ring (bicyclic) bond motifs is 1. The van der Waals surface area contributed by atoms with Crippen LogP contribution in [-0.2, 0) is 22.7 Å². The molecule has 0 radical (unpaired) electrons. The topological polar surface area (TPSA) is 214 Å². The van der Waals surface area contributed by atoms with E-state index in [-0.39, 0.29) is 37.5 Å². The lowest BCUT2D eigenvalue weighted by molar-refractivity contribution is -0.127. The molecule has 8 N–H and O–H groups in total. The van der Waals surface area contributed by atoms with Gasteiger partial charge in [-0.15, -0.1) is 0 Å². The first-order valence-corrected chi connectivity index (χ1v) is 17.6. The molecule has 2 aromatic carbocycles. The van der Waals surface area contributed by atoms with Gasteiger partial charge in [0.05, 0.1) is 18.6 Å². The number of amides is 4. The number of nitrogens with two attached hydrogens (primary N) is 1. The van der Waals surface area contributed by atoms with E-state index in [9.17, 15) is 19.5 Å². The van der Waals surface area contributed by atoms with Gasteiger partial charge in [-0.05, 0) is 68.0 Å². The summed E-state index contributed by atoms with van der Waals surface area (Å²) in [5.41, 5.74) is 10.5. The molecule has 4 amide bonds. The number of aliphatic hydroxyl groups is 1. The first-order valence-electron chi connectivity index (χ1n) is 17.6. The molecule has 15 heteroatoms. The van der Waals surface area contributed by atoms with Crippen LogP contribution in [0.4, 0.5) is 22.2 Å². The highest BCUT2D eigenvalue weighted by Gasteiger charge is 2.29. The van der Waals surface area contributed by atoms with Gasteiger partial charge < -0.3 is 42.0 Å². The fraction of sp³-hybridized carbons (Fsp3) is 0.342. The number of hydrogen-bond donors (Lipinski definition) is 7. The van der Waals surface area contributed by atoms with E-state index in [1.807, 2.05) is 74.7 Å². The molecule has 0 spiro atoms. The summed E-state index contributed by atoms with van der Waals surface area (Å²) in [6.07, 6.45) is 4.10. The molecule has 5 rings (SSSR count). The summed E-state index contributed by atoms with van der Waals surface area (Å²) >= 11 is 0. The SMILES string of the molecule is CC(C)[C@H](Nc1nc(NCc2ccc(-c3ccccn3)cc2)c2ncn(C(C)C)c2n1)C(=O)N[C@@H](CCCNC(N)=O)C(=O)Nc1ccc(CO)cc1. The Morgan fingerprint density at radius 3 is 2.26 bits per heavy atom. The van der Waals surface area contributed by atoms with E-state index in [2.05, 4.69) is 36.6 Å². The third-order valence-corrected chi connectivity index (χ3v) is 8.59. The molecular formula is C38H47N11O4. The van der Waals surface area contributed by atoms with Crippen molar-refractivity contribution in [1.82, 2.24) is 35.1 Å². The molecule has 0 bridgehead atoms. The summed E-state index contributed by atoms with van der Waals surface area (Å²) in [7, 11) is 0. The Kier molecular flexibility index (Phi) is 12.9. The highest BCUT2D eigenvalue weighted by Crippen LogP contribution is 2.25. The maximum Gasteiger partial charge on any atom is 0.312 e. The second kappa shape index (κ2) is 17.9. The Hall–Kier alpha value is -6.09. The molecule has 0 saturated carbocycles. The van der Waals surface area contributed by atoms with E-state index in [0.29, 0.717) is 41.2 Å². The number of hydrogen-bond acceptors (Lipinski definition) is 10. The first-order chi connectivity index (χ1) is 25.5. The molecule has 53 heavy (non-hydrogen) atoms. The van der Waals surface area contributed by atoms with Crippen molar-refractivity contribution < 1.29 is 19.5 Å². The van der Waals surface area contributed by atoms with Crippen LogP contribution in [-0.4, -0.2) is 66.1 Å². The summed E-state index contributed by atoms with van der Waals surface area (Å²) < 4.78 is 1.94. The van der Waals surface area contributed by atoms with Crippen LogP contribution in [0.1, 0.15) is 57.7 Å². The lowest BCUT2D eigenvalue weighted by atomic mass is 10.0. The molecule has 3 heterocycles. The molecule has 0 unspecified atom stereocenters. The molecular weight excluding hydrogens is 674 g/mol. The van der Waals surface area contributed by atoms with Crippen molar-refractivity contribution in [2.24, 2.45) is 11.7 Å². The Labute approximate surface area is 308 Å². The minimum atomic E-state index is -0.940. The summed E-state index contributed by atoms with van der Waals surface area (Å²) in [4.78, 5) is 57.2. The lowest BCUT2D eigenvalue weighted by Crippen LogP contribution is -2.51. The van der Waals surface area contributed by atoms with Gasteiger partial charge in [0.2, 0.25) is 17.8 Å². The van der Waals surface area contributed by atoms with E-state index >= 15 is 0 Å². The van der Waals surface area contributed by atoms with Gasteiger partial charge in [0.25, 0.3) is 0 Å². The molecule has 0 fully saturated rings. The fourth-order valence-electron chi connectivity index (χ4n) is 5.64. The van der Waals surface area contributed by atoms with Gasteiger partial charge in [0.1, 0.15) is 12.1 Å². The van der Waals surface area contributed by atoms with Gasteiger partial charge in [-0.25, -0.2) is 9.78 Å². The average molecular weight is 722 g/mol. The minimum absolute atomic E-state index is 0.0575. The molecule has 5 aromatic rings. The third kappa shape index (κ3) is 10.3. The molecule has 3 aromatic heterocycles. The monoisotopic (exact) mass is 721 g/mol. The van der Waals surface area contributed by atoms with Gasteiger partial charge in [0.15, 0.2) is 17.0 Å². The number of anilines is 3. The van der Waals surface area contributed by atoms with E-state index in [1.54, 1.807) is 36.8 Å². The Morgan fingerprint density at radius 2 is 1.62 bits per heavy atom. The van der Waals surface area contributed by atoms with Gasteiger partial charge in [-0.2, -0.15) is 9.97 Å². The van der Waals surface area contributed by atoms with Crippen molar-refractivity contribution in [1.29, 1.82) is 0 Å². The van der Waals surface area contributed by atoms with Crippen molar-refractivity contribution in [3.8, 4) is 11.3 Å². The van der Waals surface area contributed by atoms with E-state index in [4.69, 9.17) is 15.7 Å². The van der Waals surface area contributed by atoms with Crippen molar-refractivity contribution >= 4 is 46.5 Å². The number of aromatic nitrogens is 5. The van der Waals surface area contributed by atoms with E-state index in [0.717, 1.165) is 16.8 Å². The molecule has 2 atom stereocenters. The maximum atomic E-state index is 13.9. The molecule has 0 aliphatic rings. The van der Waals surface area contributed by atoms with Gasteiger partial charge in [-0.3, -0.25) is 14.6 Å². The number of rotatable bonds is 17. The second-order valence-electron chi connectivity index (χ2n) is 13.3. The van der Waals surface area contributed by atoms with Crippen LogP contribution >= 0.6 is 0 Å². The smallest absolute Gasteiger partial charge is 0.312 e. The Balaban J connectivity index is 1.35. The zero-order valence-electron chi connectivity index (χ0n) is 30.3. The minimum Gasteiger partial charge on any atom is -0.392 e. The van der Waals surface area contributed by atoms with Crippen molar-refractivity contribution in [3.63, 3.8) is 0 Å². The molecule has 0 aliphatic carbocycles. The standard InChI is InChI=1S/C38H47N11O4/c1-23(2)31(36(52)45-30(9-7-19-41-37(39)53)35(51)44-28-16-12-26(21-50)13-17-28)46-38-47-33(32-34(48-38)49(22-43-32)24(3)4)42-20-25-10-14-27(15-11-25)29-8-5-6-18-40-29/h5-6,8,10-18,22-24,30-31,50H,7,9,19-21H2,1-4H3,(H,44,51)(H,45,52)(H3,39,41,53)(H2,42,46,47,48)/t30-,31-/m0/s1. The largest absolute Gasteiger partial charge is 0.392 e. The van der Waals surface area contributed by atoms with Crippen LogP contribution < -0.4 is 32.3 Å². The number of imidazole rings is 1. The quantitative estimate of drug-likeness (QED) is 0.0664. The number of urea groups is 1. The summed E-state index contributed by atoms with van der Waals surface area (Å²) in [5, 5.41) is 24.3. The van der Waals surface area contributed by atoms with Crippen LogP contribution in [0.2, 0.25) is 0 Å². The lowest BCUT2D eigenvalue weighted by Gasteiger charge is -2.25. The summed E-state index contributed by atoms with van der Waals surface area (Å²) in [5.74, 6) is -0.376. The first kappa shape index (κ1) is 38.1. The summed E-state index contributed by atoms with van der Waals surface area (Å²) in [6, 6.07) is 18.3. The highest BCUT2D eigenvalue weighted by molar-refractivity contribution is 5.98. The molecule has 0 aliphatic heterocycles. The van der Waals surface area contributed by atoms with Crippen molar-refractivity contribution in [2.45, 2.75) is 71.8 Å². The average Bonchev–Trinajstić information content (AvgIpc) is 3.59. The Morgan fingerprint density at radius 1 is 0.887 bits per heavy atom. The van der Waals surface area contributed by atoms with Gasteiger partial charge in [-0.1, -0.05) is 56.3 Å². The third-order valence-electron chi connectivity index (χ3n) is 8.59. The number of primary amides is 1. The van der Waals surface area contributed by atoms with Crippen LogP contribution in [0.25, 0.3) is 22.4 Å². The number of carbonyl (C=O) groups excluding carboxylic acids is 3. The van der Waals surface area contributed by atoms with Crippen LogP contribution in [0.5, 0.6) is 0 Å². The van der Waals surface area contributed by atoms with Crippen LogP contribution in [0, 0.1) is 5.92 Å². The normalized spacial score (nSPS) is 12.4. The number of benzene rings is 2. The number of pyridine rings is 1. The van der Waals surface area contributed by atoms with Crippen molar-refractivity contribution in [3.05, 3.63) is 90.4 Å². The van der Waals surface area contributed by atoms with E-state index < -0.39 is 29.9 Å². The zero-order chi connectivity index (χ0) is 37.9. The second-order valence-corrected chi connectivity index (χ2v) is 13.3. The zero-order valence-corrected chi connectivity index (χ0v) is 30.3. The molecule has 15 nitrogen and oxygen atoms in total. The number of nitrogens with one attached hydrogen (secondary N) is 5. The maximum absolute atomic E-state index is 13.9. The summed E-state index contributed by atoms with van der Waals surface area (Å²) in [6.45, 7) is 8.39. The number of carbonyl (C=O) groups is 3. The van der Waals surface area contributed by atoms with Crippen molar-refractivity contribution in [2.75, 3.05) is 22.5 Å². The van der Waals surface area contributed by atoms with E-state index in [1.165, 1.54) is 0 Å². The number of nitrogens with zero attached hydrogens (tertiary/aromatic N) is 5. The molecule has 278 valence electrons. The van der Waals surface area contributed by atoms with Gasteiger partial charge >= 0.3 is 6.03 Å². The van der Waals surface area contributed by atoms with Crippen LogP contribution in [0.3, 0.4) is 0 Å². The predicted molar refractivity (Wildman–Crippen MR) is 205 cm³/mol. The molecule has 0 saturated heterocycles. The number of aliphatic hydroxyl groups excluding tert-OH is 1.